The second-order valence-electron chi connectivity index (χ2n) is 3.94. The highest BCUT2D eigenvalue weighted by Gasteiger charge is 2.08. The number of nitrogen functional groups attached to an aromatic ring is 1. The highest BCUT2D eigenvalue weighted by atomic mass is 35.5. The van der Waals surface area contributed by atoms with E-state index in [0.717, 1.165) is 5.69 Å². The molecule has 1 aromatic carbocycles. The Balaban J connectivity index is 2.03. The summed E-state index contributed by atoms with van der Waals surface area (Å²) in [4.78, 5) is 11.9. The number of amides is 1. The number of aryl methyl sites for hydroxylation is 1. The average molecular weight is 265 g/mol. The molecule has 0 fully saturated rings. The van der Waals surface area contributed by atoms with Crippen molar-refractivity contribution in [2.75, 3.05) is 5.73 Å². The maximum absolute atomic E-state index is 11.9. The summed E-state index contributed by atoms with van der Waals surface area (Å²) in [7, 11) is 1.82. The van der Waals surface area contributed by atoms with Gasteiger partial charge in [0.2, 0.25) is 0 Å². The topological polar surface area (TPSA) is 72.9 Å². The Bertz CT molecular complexity index is 559. The molecule has 0 aliphatic carbocycles. The van der Waals surface area contributed by atoms with E-state index in [4.69, 9.17) is 17.3 Å². The zero-order valence-electron chi connectivity index (χ0n) is 9.85. The number of halogens is 1. The number of aromatic nitrogens is 2. The number of nitrogens with zero attached hydrogens (tertiary/aromatic N) is 2. The lowest BCUT2D eigenvalue weighted by Crippen LogP contribution is -2.23. The number of rotatable bonds is 3. The fourth-order valence-electron chi connectivity index (χ4n) is 1.57. The van der Waals surface area contributed by atoms with Gasteiger partial charge in [-0.15, -0.1) is 0 Å². The third kappa shape index (κ3) is 3.01. The van der Waals surface area contributed by atoms with E-state index in [2.05, 4.69) is 10.4 Å². The maximum Gasteiger partial charge on any atom is 0.251 e. The van der Waals surface area contributed by atoms with Crippen molar-refractivity contribution in [3.63, 3.8) is 0 Å². The molecule has 0 radical (unpaired) electrons. The van der Waals surface area contributed by atoms with E-state index in [1.54, 1.807) is 22.9 Å². The van der Waals surface area contributed by atoms with E-state index in [-0.39, 0.29) is 5.91 Å². The Morgan fingerprint density at radius 2 is 2.28 bits per heavy atom. The Labute approximate surface area is 110 Å². The Morgan fingerprint density at radius 3 is 2.89 bits per heavy atom. The van der Waals surface area contributed by atoms with Crippen molar-refractivity contribution in [3.05, 3.63) is 46.7 Å². The highest BCUT2D eigenvalue weighted by molar-refractivity contribution is 6.31. The molecule has 3 N–H and O–H groups in total. The van der Waals surface area contributed by atoms with E-state index in [1.807, 2.05) is 19.3 Å². The molecule has 6 heteroatoms. The molecule has 1 amide bonds. The van der Waals surface area contributed by atoms with Crippen LogP contribution < -0.4 is 11.1 Å². The molecule has 0 aliphatic rings. The van der Waals surface area contributed by atoms with Crippen molar-refractivity contribution in [1.29, 1.82) is 0 Å². The number of benzene rings is 1. The van der Waals surface area contributed by atoms with E-state index >= 15 is 0 Å². The summed E-state index contributed by atoms with van der Waals surface area (Å²) in [5.41, 5.74) is 7.32. The summed E-state index contributed by atoms with van der Waals surface area (Å²) in [6, 6.07) is 6.59. The number of carbonyl (C=O) groups excluding carboxylic acids is 1. The molecule has 0 unspecified atom stereocenters. The molecule has 0 spiro atoms. The fraction of sp³-hybridized carbons (Fsp3) is 0.167. The van der Waals surface area contributed by atoms with Crippen LogP contribution in [0.2, 0.25) is 5.02 Å². The molecule has 0 bridgehead atoms. The largest absolute Gasteiger partial charge is 0.399 e. The van der Waals surface area contributed by atoms with Crippen LogP contribution in [0, 0.1) is 0 Å². The number of carbonyl (C=O) groups is 1. The summed E-state index contributed by atoms with van der Waals surface area (Å²) in [5, 5.41) is 7.36. The van der Waals surface area contributed by atoms with Crippen molar-refractivity contribution in [1.82, 2.24) is 15.1 Å². The van der Waals surface area contributed by atoms with E-state index in [1.165, 1.54) is 0 Å². The van der Waals surface area contributed by atoms with Crippen molar-refractivity contribution in [2.45, 2.75) is 6.54 Å². The number of nitrogens with two attached hydrogens (primary N) is 1. The minimum atomic E-state index is -0.227. The van der Waals surface area contributed by atoms with E-state index < -0.39 is 0 Å². The summed E-state index contributed by atoms with van der Waals surface area (Å²) in [6.07, 6.45) is 1.82. The first-order valence-electron chi connectivity index (χ1n) is 5.37. The highest BCUT2D eigenvalue weighted by Crippen LogP contribution is 2.16. The second-order valence-corrected chi connectivity index (χ2v) is 4.37. The SMILES string of the molecule is Cn1ccc(CNC(=O)c2cc(N)cc(Cl)c2)n1. The van der Waals surface area contributed by atoms with E-state index in [0.29, 0.717) is 22.8 Å². The minimum absolute atomic E-state index is 0.227. The molecule has 94 valence electrons. The van der Waals surface area contributed by atoms with Crippen molar-refractivity contribution < 1.29 is 4.79 Å². The van der Waals surface area contributed by atoms with Gasteiger partial charge in [-0.25, -0.2) is 0 Å². The zero-order valence-corrected chi connectivity index (χ0v) is 10.6. The van der Waals surface area contributed by atoms with Crippen molar-refractivity contribution >= 4 is 23.2 Å². The van der Waals surface area contributed by atoms with Crippen molar-refractivity contribution in [3.8, 4) is 0 Å². The molecule has 1 aromatic heterocycles. The number of hydrogen-bond acceptors (Lipinski definition) is 3. The molecule has 0 aliphatic heterocycles. The van der Waals surface area contributed by atoms with Gasteiger partial charge in [-0.05, 0) is 24.3 Å². The molecule has 18 heavy (non-hydrogen) atoms. The van der Waals surface area contributed by atoms with Gasteiger partial charge >= 0.3 is 0 Å². The molecule has 0 atom stereocenters. The number of hydrogen-bond donors (Lipinski definition) is 2. The van der Waals surface area contributed by atoms with Gasteiger partial charge in [-0.2, -0.15) is 5.10 Å². The predicted octanol–water partition coefficient (Wildman–Crippen LogP) is 1.59. The molecular formula is C12H13ClN4O. The molecular weight excluding hydrogens is 252 g/mol. The van der Waals surface area contributed by atoms with Gasteiger partial charge in [0.05, 0.1) is 12.2 Å². The number of anilines is 1. The fourth-order valence-corrected chi connectivity index (χ4v) is 1.82. The van der Waals surface area contributed by atoms with Gasteiger partial charge in [-0.1, -0.05) is 11.6 Å². The summed E-state index contributed by atoms with van der Waals surface area (Å²) >= 11 is 5.84. The van der Waals surface area contributed by atoms with Gasteiger partial charge in [0.1, 0.15) is 0 Å². The third-order valence-electron chi connectivity index (χ3n) is 2.38. The first-order valence-corrected chi connectivity index (χ1v) is 5.75. The summed E-state index contributed by atoms with van der Waals surface area (Å²) < 4.78 is 1.68. The summed E-state index contributed by atoms with van der Waals surface area (Å²) in [5.74, 6) is -0.227. The van der Waals surface area contributed by atoms with Crippen LogP contribution in [0.25, 0.3) is 0 Å². The second kappa shape index (κ2) is 5.10. The van der Waals surface area contributed by atoms with Gasteiger partial charge in [0.25, 0.3) is 5.91 Å². The van der Waals surface area contributed by atoms with Crippen LogP contribution in [0.4, 0.5) is 5.69 Å². The van der Waals surface area contributed by atoms with Gasteiger partial charge in [0, 0.05) is 29.5 Å². The van der Waals surface area contributed by atoms with Gasteiger partial charge in [0.15, 0.2) is 0 Å². The van der Waals surface area contributed by atoms with E-state index in [9.17, 15) is 4.79 Å². The molecule has 2 rings (SSSR count). The standard InChI is InChI=1S/C12H13ClN4O/c1-17-3-2-11(16-17)7-15-12(18)8-4-9(13)6-10(14)5-8/h2-6H,7,14H2,1H3,(H,15,18). The third-order valence-corrected chi connectivity index (χ3v) is 2.60. The summed E-state index contributed by atoms with van der Waals surface area (Å²) in [6.45, 7) is 0.367. The van der Waals surface area contributed by atoms with Crippen LogP contribution in [0.15, 0.2) is 30.5 Å². The van der Waals surface area contributed by atoms with Crippen LogP contribution in [0.3, 0.4) is 0 Å². The lowest BCUT2D eigenvalue weighted by atomic mass is 10.2. The van der Waals surface area contributed by atoms with Crippen LogP contribution in [0.1, 0.15) is 16.1 Å². The van der Waals surface area contributed by atoms with Crippen LogP contribution in [0.5, 0.6) is 0 Å². The predicted molar refractivity (Wildman–Crippen MR) is 70.2 cm³/mol. The quantitative estimate of drug-likeness (QED) is 0.827. The maximum atomic E-state index is 11.9. The van der Waals surface area contributed by atoms with Crippen LogP contribution in [-0.2, 0) is 13.6 Å². The average Bonchev–Trinajstić information content (AvgIpc) is 2.70. The molecule has 1 heterocycles. The lowest BCUT2D eigenvalue weighted by molar-refractivity contribution is 0.0950. The lowest BCUT2D eigenvalue weighted by Gasteiger charge is -2.05. The van der Waals surface area contributed by atoms with Crippen LogP contribution in [-0.4, -0.2) is 15.7 Å². The van der Waals surface area contributed by atoms with Crippen LogP contribution >= 0.6 is 11.6 Å². The van der Waals surface area contributed by atoms with Gasteiger partial charge < -0.3 is 11.1 Å². The Hall–Kier alpha value is -2.01. The molecule has 2 aromatic rings. The monoisotopic (exact) mass is 264 g/mol. The molecule has 0 saturated heterocycles. The first-order chi connectivity index (χ1) is 8.54. The van der Waals surface area contributed by atoms with Crippen molar-refractivity contribution in [2.24, 2.45) is 7.05 Å². The first kappa shape index (κ1) is 12.4. The zero-order chi connectivity index (χ0) is 13.1. The molecule has 0 saturated carbocycles. The smallest absolute Gasteiger partial charge is 0.251 e. The normalized spacial score (nSPS) is 10.3. The minimum Gasteiger partial charge on any atom is -0.399 e. The Morgan fingerprint density at radius 1 is 1.50 bits per heavy atom. The van der Waals surface area contributed by atoms with Gasteiger partial charge in [-0.3, -0.25) is 9.48 Å². The molecule has 5 nitrogen and oxygen atoms in total. The Kier molecular flexibility index (Phi) is 3.53. The number of nitrogens with one attached hydrogen (secondary N) is 1.